The van der Waals surface area contributed by atoms with E-state index in [2.05, 4.69) is 34.1 Å². The molecule has 4 heterocycles. The van der Waals surface area contributed by atoms with E-state index < -0.39 is 0 Å². The smallest absolute Gasteiger partial charge is 0.306 e. The monoisotopic (exact) mass is 282 g/mol. The maximum atomic E-state index is 11.6. The predicted octanol–water partition coefficient (Wildman–Crippen LogP) is 2.40. The Hall–Kier alpha value is -1.81. The molecule has 0 amide bonds. The van der Waals surface area contributed by atoms with Crippen molar-refractivity contribution < 1.29 is 9.53 Å². The number of para-hydroxylation sites is 1. The summed E-state index contributed by atoms with van der Waals surface area (Å²) < 4.78 is 5.47. The SMILES string of the molecule is O=C1C[C@H]2C[C@@H]3c4[nH]c5ccccc5c4CCN3C[C@H]2O1. The van der Waals surface area contributed by atoms with E-state index in [0.29, 0.717) is 18.4 Å². The fourth-order valence-electron chi connectivity index (χ4n) is 4.45. The number of nitrogens with zero attached hydrogens (tertiary/aromatic N) is 1. The minimum Gasteiger partial charge on any atom is -0.461 e. The second-order valence-electron chi connectivity index (χ2n) is 6.55. The summed E-state index contributed by atoms with van der Waals surface area (Å²) >= 11 is 0. The summed E-state index contributed by atoms with van der Waals surface area (Å²) in [5, 5.41) is 1.37. The van der Waals surface area contributed by atoms with Crippen molar-refractivity contribution >= 4 is 16.9 Å². The molecule has 0 unspecified atom stereocenters. The Morgan fingerprint density at radius 3 is 3.14 bits per heavy atom. The number of piperidine rings is 1. The first-order valence-electron chi connectivity index (χ1n) is 7.82. The van der Waals surface area contributed by atoms with Crippen molar-refractivity contribution in [2.75, 3.05) is 13.1 Å². The van der Waals surface area contributed by atoms with Gasteiger partial charge in [0.1, 0.15) is 6.10 Å². The van der Waals surface area contributed by atoms with Gasteiger partial charge in [0.25, 0.3) is 0 Å². The van der Waals surface area contributed by atoms with Crippen LogP contribution in [0.1, 0.15) is 30.1 Å². The van der Waals surface area contributed by atoms with Crippen LogP contribution in [0.2, 0.25) is 0 Å². The van der Waals surface area contributed by atoms with Gasteiger partial charge in [-0.3, -0.25) is 9.69 Å². The van der Waals surface area contributed by atoms with Gasteiger partial charge >= 0.3 is 5.97 Å². The van der Waals surface area contributed by atoms with Crippen molar-refractivity contribution in [2.45, 2.75) is 31.4 Å². The molecule has 0 radical (unpaired) electrons. The van der Waals surface area contributed by atoms with E-state index in [1.165, 1.54) is 22.2 Å². The van der Waals surface area contributed by atoms with Gasteiger partial charge in [0.15, 0.2) is 0 Å². The van der Waals surface area contributed by atoms with Crippen molar-refractivity contribution in [3.63, 3.8) is 0 Å². The summed E-state index contributed by atoms with van der Waals surface area (Å²) in [4.78, 5) is 17.7. The van der Waals surface area contributed by atoms with Crippen molar-refractivity contribution in [1.82, 2.24) is 9.88 Å². The van der Waals surface area contributed by atoms with Crippen LogP contribution in [-0.2, 0) is 16.0 Å². The lowest BCUT2D eigenvalue weighted by atomic mass is 9.83. The highest BCUT2D eigenvalue weighted by Gasteiger charge is 2.45. The molecule has 4 nitrogen and oxygen atoms in total. The first-order valence-corrected chi connectivity index (χ1v) is 7.82. The van der Waals surface area contributed by atoms with Gasteiger partial charge < -0.3 is 9.72 Å². The number of benzene rings is 1. The second-order valence-corrected chi connectivity index (χ2v) is 6.55. The number of hydrogen-bond acceptors (Lipinski definition) is 3. The van der Waals surface area contributed by atoms with Crippen LogP contribution in [-0.4, -0.2) is 35.0 Å². The maximum Gasteiger partial charge on any atom is 0.306 e. The molecule has 2 aromatic rings. The highest BCUT2D eigenvalue weighted by Crippen LogP contribution is 2.44. The van der Waals surface area contributed by atoms with Gasteiger partial charge in [-0.25, -0.2) is 0 Å². The van der Waals surface area contributed by atoms with Crippen molar-refractivity contribution in [2.24, 2.45) is 5.92 Å². The van der Waals surface area contributed by atoms with Crippen LogP contribution in [0.5, 0.6) is 0 Å². The lowest BCUT2D eigenvalue weighted by Crippen LogP contribution is -2.47. The highest BCUT2D eigenvalue weighted by atomic mass is 16.6. The Bertz CT molecular complexity index is 735. The average molecular weight is 282 g/mol. The van der Waals surface area contributed by atoms with Crippen molar-refractivity contribution in [3.05, 3.63) is 35.5 Å². The van der Waals surface area contributed by atoms with E-state index >= 15 is 0 Å². The van der Waals surface area contributed by atoms with Crippen LogP contribution in [0.25, 0.3) is 10.9 Å². The normalized spacial score (nSPS) is 31.6. The number of hydrogen-bond donors (Lipinski definition) is 1. The number of fused-ring (bicyclic) bond motifs is 6. The molecule has 2 saturated heterocycles. The minimum absolute atomic E-state index is 0.0123. The predicted molar refractivity (Wildman–Crippen MR) is 78.9 cm³/mol. The third-order valence-corrected chi connectivity index (χ3v) is 5.45. The Kier molecular flexibility index (Phi) is 2.31. The van der Waals surface area contributed by atoms with Crippen LogP contribution in [0.3, 0.4) is 0 Å². The maximum absolute atomic E-state index is 11.6. The standard InChI is InChI=1S/C17H18N2O2/c20-16-8-10-7-14-17-12(5-6-19(14)9-15(10)21-16)11-3-1-2-4-13(11)18-17/h1-4,10,14-15,18H,5-9H2/t10-,14-,15-/m1/s1. The molecule has 108 valence electrons. The van der Waals surface area contributed by atoms with Gasteiger partial charge in [0, 0.05) is 35.6 Å². The lowest BCUT2D eigenvalue weighted by Gasteiger charge is -2.43. The fourth-order valence-corrected chi connectivity index (χ4v) is 4.45. The first kappa shape index (κ1) is 11.8. The van der Waals surface area contributed by atoms with E-state index in [-0.39, 0.29) is 12.1 Å². The lowest BCUT2D eigenvalue weighted by molar-refractivity contribution is -0.143. The summed E-state index contributed by atoms with van der Waals surface area (Å²) in [5.41, 5.74) is 4.10. The van der Waals surface area contributed by atoms with Crippen LogP contribution in [0.4, 0.5) is 0 Å². The summed E-state index contributed by atoms with van der Waals surface area (Å²) in [5.74, 6) is 0.387. The van der Waals surface area contributed by atoms with Crippen LogP contribution < -0.4 is 0 Å². The van der Waals surface area contributed by atoms with E-state index in [0.717, 1.165) is 25.9 Å². The summed E-state index contributed by atoms with van der Waals surface area (Å²) in [6.45, 7) is 1.97. The molecular weight excluding hydrogens is 264 g/mol. The minimum atomic E-state index is -0.0123. The number of aromatic amines is 1. The molecule has 2 fully saturated rings. The highest BCUT2D eigenvalue weighted by molar-refractivity contribution is 5.85. The average Bonchev–Trinajstić information content (AvgIpc) is 3.03. The van der Waals surface area contributed by atoms with E-state index in [1.54, 1.807) is 0 Å². The summed E-state index contributed by atoms with van der Waals surface area (Å²) in [6.07, 6.45) is 2.85. The number of esters is 1. The van der Waals surface area contributed by atoms with Crippen LogP contribution in [0.15, 0.2) is 24.3 Å². The van der Waals surface area contributed by atoms with Gasteiger partial charge in [-0.2, -0.15) is 0 Å². The molecule has 1 aromatic carbocycles. The molecule has 5 rings (SSSR count). The molecule has 0 bridgehead atoms. The number of H-pyrrole nitrogens is 1. The zero-order valence-electron chi connectivity index (χ0n) is 11.8. The van der Waals surface area contributed by atoms with E-state index in [1.807, 2.05) is 0 Å². The topological polar surface area (TPSA) is 45.3 Å². The van der Waals surface area contributed by atoms with Gasteiger partial charge in [0.2, 0.25) is 0 Å². The molecule has 3 atom stereocenters. The summed E-state index contributed by atoms with van der Waals surface area (Å²) in [6, 6.07) is 9.00. The van der Waals surface area contributed by atoms with Gasteiger partial charge in [-0.1, -0.05) is 18.2 Å². The van der Waals surface area contributed by atoms with Crippen LogP contribution >= 0.6 is 0 Å². The van der Waals surface area contributed by atoms with E-state index in [9.17, 15) is 4.79 Å². The summed E-state index contributed by atoms with van der Waals surface area (Å²) in [7, 11) is 0. The molecule has 0 aliphatic carbocycles. The number of nitrogens with one attached hydrogen (secondary N) is 1. The molecule has 1 N–H and O–H groups in total. The number of aromatic nitrogens is 1. The first-order chi connectivity index (χ1) is 10.3. The molecule has 1 aromatic heterocycles. The van der Waals surface area contributed by atoms with Gasteiger partial charge in [0.05, 0.1) is 12.5 Å². The van der Waals surface area contributed by atoms with E-state index in [4.69, 9.17) is 4.74 Å². The number of carbonyl (C=O) groups is 1. The Morgan fingerprint density at radius 2 is 2.19 bits per heavy atom. The molecule has 0 spiro atoms. The molecule has 3 aliphatic heterocycles. The number of carbonyl (C=O) groups excluding carboxylic acids is 1. The van der Waals surface area contributed by atoms with Crippen molar-refractivity contribution in [3.8, 4) is 0 Å². The Labute approximate surface area is 123 Å². The Balaban J connectivity index is 1.58. The van der Waals surface area contributed by atoms with Crippen LogP contribution in [0, 0.1) is 5.92 Å². The largest absolute Gasteiger partial charge is 0.461 e. The zero-order valence-corrected chi connectivity index (χ0v) is 11.8. The number of ether oxygens (including phenoxy) is 1. The Morgan fingerprint density at radius 1 is 1.29 bits per heavy atom. The third-order valence-electron chi connectivity index (χ3n) is 5.45. The second kappa shape index (κ2) is 4.10. The molecule has 21 heavy (non-hydrogen) atoms. The third kappa shape index (κ3) is 1.62. The van der Waals surface area contributed by atoms with Gasteiger partial charge in [-0.15, -0.1) is 0 Å². The zero-order chi connectivity index (χ0) is 14.0. The molecule has 4 heteroatoms. The molecule has 3 aliphatic rings. The van der Waals surface area contributed by atoms with Crippen molar-refractivity contribution in [1.29, 1.82) is 0 Å². The quantitative estimate of drug-likeness (QED) is 0.755. The van der Waals surface area contributed by atoms with Gasteiger partial charge in [-0.05, 0) is 24.5 Å². The molecular formula is C17H18N2O2. The number of rotatable bonds is 0. The fraction of sp³-hybridized carbons (Fsp3) is 0.471. The molecule has 0 saturated carbocycles.